The minimum Gasteiger partial charge on any atom is -0.493 e. The lowest BCUT2D eigenvalue weighted by Gasteiger charge is -2.23. The molecule has 9 nitrogen and oxygen atoms in total. The Morgan fingerprint density at radius 3 is 2.77 bits per heavy atom. The predicted molar refractivity (Wildman–Crippen MR) is 133 cm³/mol. The number of carbonyl (C=O) groups excluding carboxylic acids is 1. The van der Waals surface area contributed by atoms with Crippen LogP contribution in [0.2, 0.25) is 0 Å². The van der Waals surface area contributed by atoms with Gasteiger partial charge >= 0.3 is 5.97 Å². The number of nitrogens with two attached hydrogens (primary N) is 2. The van der Waals surface area contributed by atoms with Gasteiger partial charge in [0.2, 0.25) is 5.95 Å². The fraction of sp³-hybridized carbons (Fsp3) is 0.269. The van der Waals surface area contributed by atoms with Crippen molar-refractivity contribution in [1.82, 2.24) is 9.97 Å². The first-order chi connectivity index (χ1) is 16.9. The topological polar surface area (TPSA) is 135 Å². The normalized spacial score (nSPS) is 14.9. The lowest BCUT2D eigenvalue weighted by molar-refractivity contribution is -0.147. The number of hydrogen-bond acceptors (Lipinski definition) is 9. The van der Waals surface area contributed by atoms with Crippen molar-refractivity contribution in [3.63, 3.8) is 0 Å². The van der Waals surface area contributed by atoms with Gasteiger partial charge in [0.05, 0.1) is 32.8 Å². The number of nitrogens with one attached hydrogen (secondary N) is 1. The van der Waals surface area contributed by atoms with Crippen molar-refractivity contribution >= 4 is 23.4 Å². The smallest absolute Gasteiger partial charge is 0.307 e. The zero-order valence-electron chi connectivity index (χ0n) is 19.6. The van der Waals surface area contributed by atoms with Crippen LogP contribution in [0.3, 0.4) is 0 Å². The van der Waals surface area contributed by atoms with Gasteiger partial charge in [0.25, 0.3) is 0 Å². The Morgan fingerprint density at radius 2 is 2.03 bits per heavy atom. The molecule has 2 heterocycles. The Kier molecular flexibility index (Phi) is 7.21. The van der Waals surface area contributed by atoms with Gasteiger partial charge in [0.15, 0.2) is 11.5 Å². The van der Waals surface area contributed by atoms with E-state index in [9.17, 15) is 4.79 Å². The molecule has 4 rings (SSSR count). The predicted octanol–water partition coefficient (Wildman–Crippen LogP) is 2.77. The molecular formula is C26H27N5O4. The van der Waals surface area contributed by atoms with Crippen LogP contribution in [-0.4, -0.2) is 42.8 Å². The molecule has 1 atom stereocenters. The second-order valence-corrected chi connectivity index (χ2v) is 8.08. The molecule has 0 spiro atoms. The number of anilines is 3. The van der Waals surface area contributed by atoms with Gasteiger partial charge in [-0.3, -0.25) is 4.79 Å². The highest BCUT2D eigenvalue weighted by Crippen LogP contribution is 2.33. The number of methoxy groups -OCH3 is 2. The van der Waals surface area contributed by atoms with Gasteiger partial charge in [-0.1, -0.05) is 17.9 Å². The number of esters is 1. The molecule has 9 heteroatoms. The van der Waals surface area contributed by atoms with Crippen LogP contribution in [0, 0.1) is 11.8 Å². The molecule has 0 aliphatic carbocycles. The van der Waals surface area contributed by atoms with Crippen LogP contribution in [0.5, 0.6) is 11.5 Å². The molecule has 0 saturated carbocycles. The van der Waals surface area contributed by atoms with Crippen LogP contribution in [0.4, 0.5) is 17.5 Å². The summed E-state index contributed by atoms with van der Waals surface area (Å²) in [5, 5.41) is 3.39. The number of rotatable bonds is 6. The molecule has 1 aliphatic heterocycles. The van der Waals surface area contributed by atoms with E-state index in [2.05, 4.69) is 27.1 Å². The molecule has 2 aromatic carbocycles. The summed E-state index contributed by atoms with van der Waals surface area (Å²) in [6.45, 7) is 0.433. The molecule has 0 bridgehead atoms. The van der Waals surface area contributed by atoms with E-state index in [0.717, 1.165) is 28.8 Å². The quantitative estimate of drug-likeness (QED) is 0.365. The average Bonchev–Trinajstić information content (AvgIpc) is 2.84. The van der Waals surface area contributed by atoms with E-state index in [1.807, 2.05) is 36.4 Å². The summed E-state index contributed by atoms with van der Waals surface area (Å²) in [5.74, 6) is 7.78. The molecular weight excluding hydrogens is 446 g/mol. The minimum absolute atomic E-state index is 0.0465. The van der Waals surface area contributed by atoms with E-state index in [4.69, 9.17) is 25.7 Å². The van der Waals surface area contributed by atoms with Crippen LogP contribution in [0.1, 0.15) is 35.1 Å². The number of nitrogens with zero attached hydrogens (tertiary/aromatic N) is 2. The number of nitrogen functional groups attached to an aromatic ring is 2. The fourth-order valence-electron chi connectivity index (χ4n) is 3.87. The third-order valence-electron chi connectivity index (χ3n) is 5.57. The van der Waals surface area contributed by atoms with Crippen molar-refractivity contribution in [3.8, 4) is 23.3 Å². The fourth-order valence-corrected chi connectivity index (χ4v) is 3.87. The van der Waals surface area contributed by atoms with Crippen molar-refractivity contribution in [3.05, 3.63) is 64.8 Å². The number of benzene rings is 2. The highest BCUT2D eigenvalue weighted by atomic mass is 16.5. The number of carbonyl (C=O) groups is 1. The van der Waals surface area contributed by atoms with Crippen molar-refractivity contribution < 1.29 is 19.0 Å². The zero-order chi connectivity index (χ0) is 24.8. The Hall–Kier alpha value is -4.45. The second kappa shape index (κ2) is 10.7. The van der Waals surface area contributed by atoms with Crippen LogP contribution < -0.4 is 26.3 Å². The average molecular weight is 474 g/mol. The summed E-state index contributed by atoms with van der Waals surface area (Å²) in [7, 11) is 3.16. The standard InChI is InChI=1S/C26H27N5O4/c1-33-22-13-17(11-19-15-29-26(28)31-25(19)27)10-18(24(22)34-2)7-6-16-4-3-5-20(12-16)30-21-8-9-35-23(32)14-21/h3-5,10,12-13,15,21,30H,8-9,11,14H2,1-2H3,(H4,27,28,29,31). The summed E-state index contributed by atoms with van der Waals surface area (Å²) in [6, 6.07) is 11.6. The van der Waals surface area contributed by atoms with Gasteiger partial charge in [0, 0.05) is 41.9 Å². The van der Waals surface area contributed by atoms with Crippen LogP contribution >= 0.6 is 0 Å². The van der Waals surface area contributed by atoms with Gasteiger partial charge in [-0.15, -0.1) is 0 Å². The first kappa shape index (κ1) is 23.7. The molecule has 1 saturated heterocycles. The van der Waals surface area contributed by atoms with E-state index in [1.165, 1.54) is 0 Å². The first-order valence-electron chi connectivity index (χ1n) is 11.1. The SMILES string of the molecule is COc1cc(Cc2cnc(N)nc2N)cc(C#Cc2cccc(NC3CCOC(=O)C3)c2)c1OC. The number of aromatic nitrogens is 2. The van der Waals surface area contributed by atoms with Crippen LogP contribution in [0.25, 0.3) is 0 Å². The lowest BCUT2D eigenvalue weighted by atomic mass is 10.0. The van der Waals surface area contributed by atoms with Crippen LogP contribution in [0.15, 0.2) is 42.6 Å². The molecule has 0 amide bonds. The molecule has 35 heavy (non-hydrogen) atoms. The van der Waals surface area contributed by atoms with Gasteiger partial charge < -0.3 is 31.0 Å². The number of hydrogen-bond donors (Lipinski definition) is 3. The number of cyclic esters (lactones) is 1. The van der Waals surface area contributed by atoms with Gasteiger partial charge in [-0.05, 0) is 35.9 Å². The lowest BCUT2D eigenvalue weighted by Crippen LogP contribution is -2.31. The zero-order valence-corrected chi connectivity index (χ0v) is 19.6. The van der Waals surface area contributed by atoms with Crippen molar-refractivity contribution in [2.24, 2.45) is 0 Å². The summed E-state index contributed by atoms with van der Waals surface area (Å²) in [5.41, 5.74) is 15.7. The molecule has 1 fully saturated rings. The highest BCUT2D eigenvalue weighted by Gasteiger charge is 2.20. The van der Waals surface area contributed by atoms with Gasteiger partial charge in [-0.2, -0.15) is 4.98 Å². The summed E-state index contributed by atoms with van der Waals surface area (Å²) in [4.78, 5) is 19.6. The van der Waals surface area contributed by atoms with Crippen molar-refractivity contribution in [2.75, 3.05) is 37.6 Å². The molecule has 180 valence electrons. The Balaban J connectivity index is 1.61. The Morgan fingerprint density at radius 1 is 1.17 bits per heavy atom. The largest absolute Gasteiger partial charge is 0.493 e. The molecule has 5 N–H and O–H groups in total. The second-order valence-electron chi connectivity index (χ2n) is 8.08. The summed E-state index contributed by atoms with van der Waals surface area (Å²) >= 11 is 0. The van der Waals surface area contributed by atoms with Gasteiger partial charge in [0.1, 0.15) is 5.82 Å². The van der Waals surface area contributed by atoms with E-state index in [0.29, 0.717) is 42.3 Å². The van der Waals surface area contributed by atoms with E-state index in [1.54, 1.807) is 20.4 Å². The molecule has 3 aromatic rings. The Bertz CT molecular complexity index is 1300. The molecule has 1 aromatic heterocycles. The van der Waals surface area contributed by atoms with Crippen LogP contribution in [-0.2, 0) is 16.0 Å². The third kappa shape index (κ3) is 5.92. The molecule has 1 unspecified atom stereocenters. The van der Waals surface area contributed by atoms with E-state index < -0.39 is 0 Å². The maximum Gasteiger partial charge on any atom is 0.307 e. The van der Waals surface area contributed by atoms with E-state index in [-0.39, 0.29) is 18.0 Å². The molecule has 0 radical (unpaired) electrons. The highest BCUT2D eigenvalue weighted by molar-refractivity contribution is 5.71. The monoisotopic (exact) mass is 473 g/mol. The van der Waals surface area contributed by atoms with Crippen molar-refractivity contribution in [1.29, 1.82) is 0 Å². The maximum atomic E-state index is 11.6. The summed E-state index contributed by atoms with van der Waals surface area (Å²) < 4.78 is 16.1. The van der Waals surface area contributed by atoms with Gasteiger partial charge in [-0.25, -0.2) is 4.98 Å². The third-order valence-corrected chi connectivity index (χ3v) is 5.57. The Labute approximate surface area is 203 Å². The van der Waals surface area contributed by atoms with Crippen molar-refractivity contribution in [2.45, 2.75) is 25.3 Å². The maximum absolute atomic E-state index is 11.6. The number of ether oxygens (including phenoxy) is 3. The van der Waals surface area contributed by atoms with E-state index >= 15 is 0 Å². The first-order valence-corrected chi connectivity index (χ1v) is 11.1. The summed E-state index contributed by atoms with van der Waals surface area (Å²) in [6.07, 6.45) is 3.22. The molecule has 1 aliphatic rings. The minimum atomic E-state index is -0.182.